The van der Waals surface area contributed by atoms with E-state index < -0.39 is 0 Å². The number of anilines is 1. The molecular weight excluding hydrogens is 357 g/mol. The molecule has 2 aromatic heterocycles. The van der Waals surface area contributed by atoms with Crippen molar-refractivity contribution in [2.24, 2.45) is 0 Å². The van der Waals surface area contributed by atoms with Gasteiger partial charge in [-0.1, -0.05) is 11.8 Å². The van der Waals surface area contributed by atoms with Gasteiger partial charge in [-0.25, -0.2) is 13.8 Å². The zero-order chi connectivity index (χ0) is 18.1. The van der Waals surface area contributed by atoms with Gasteiger partial charge in [-0.2, -0.15) is 5.10 Å². The lowest BCUT2D eigenvalue weighted by molar-refractivity contribution is -0.113. The smallest absolute Gasteiger partial charge is 0.236 e. The van der Waals surface area contributed by atoms with Crippen LogP contribution in [0, 0.1) is 12.7 Å². The maximum atomic E-state index is 13.1. The molecular formula is C16H16FN7OS. The minimum absolute atomic E-state index is 0.181. The summed E-state index contributed by atoms with van der Waals surface area (Å²) in [5, 5.41) is 19.4. The highest BCUT2D eigenvalue weighted by atomic mass is 32.2. The van der Waals surface area contributed by atoms with Crippen LogP contribution in [0.1, 0.15) is 24.6 Å². The number of halogens is 1. The van der Waals surface area contributed by atoms with E-state index in [0.29, 0.717) is 22.7 Å². The highest BCUT2D eigenvalue weighted by molar-refractivity contribution is 7.99. The summed E-state index contributed by atoms with van der Waals surface area (Å²) in [4.78, 5) is 12.3. The zero-order valence-electron chi connectivity index (χ0n) is 14.0. The minimum atomic E-state index is -0.326. The van der Waals surface area contributed by atoms with Gasteiger partial charge in [-0.15, -0.1) is 5.10 Å². The van der Waals surface area contributed by atoms with E-state index >= 15 is 0 Å². The Morgan fingerprint density at radius 1 is 1.35 bits per heavy atom. The number of benzene rings is 1. The van der Waals surface area contributed by atoms with Crippen molar-refractivity contribution >= 4 is 23.5 Å². The van der Waals surface area contributed by atoms with Crippen molar-refractivity contribution in [3.63, 3.8) is 0 Å². The van der Waals surface area contributed by atoms with Gasteiger partial charge in [-0.3, -0.25) is 4.79 Å². The van der Waals surface area contributed by atoms with Crippen molar-refractivity contribution in [1.29, 1.82) is 0 Å². The average molecular weight is 373 g/mol. The Bertz CT molecular complexity index is 932. The van der Waals surface area contributed by atoms with Crippen LogP contribution in [0.2, 0.25) is 0 Å². The fraction of sp³-hybridized carbons (Fsp3) is 0.312. The molecule has 0 aliphatic heterocycles. The first-order chi connectivity index (χ1) is 12.6. The quantitative estimate of drug-likeness (QED) is 0.667. The molecule has 1 aliphatic rings. The maximum absolute atomic E-state index is 13.1. The van der Waals surface area contributed by atoms with Gasteiger partial charge >= 0.3 is 0 Å². The van der Waals surface area contributed by atoms with Gasteiger partial charge in [0.15, 0.2) is 0 Å². The van der Waals surface area contributed by atoms with E-state index in [-0.39, 0.29) is 17.5 Å². The Morgan fingerprint density at radius 2 is 2.12 bits per heavy atom. The molecule has 26 heavy (non-hydrogen) atoms. The van der Waals surface area contributed by atoms with Crippen molar-refractivity contribution in [1.82, 2.24) is 30.0 Å². The molecule has 0 atom stereocenters. The Kier molecular flexibility index (Phi) is 4.41. The van der Waals surface area contributed by atoms with Gasteiger partial charge in [-0.05, 0) is 54.5 Å². The fourth-order valence-electron chi connectivity index (χ4n) is 2.51. The number of hydrogen-bond acceptors (Lipinski definition) is 6. The molecule has 134 valence electrons. The SMILES string of the molecule is Cc1cc(NC(=O)CSc2nnnn2C2CC2)n(-c2ccc(F)cc2)n1. The van der Waals surface area contributed by atoms with Gasteiger partial charge in [0.2, 0.25) is 11.1 Å². The topological polar surface area (TPSA) is 90.5 Å². The van der Waals surface area contributed by atoms with E-state index in [1.54, 1.807) is 27.6 Å². The van der Waals surface area contributed by atoms with Gasteiger partial charge in [0.05, 0.1) is 23.2 Å². The Balaban J connectivity index is 1.44. The number of aromatic nitrogens is 6. The number of aryl methyl sites for hydroxylation is 1. The third-order valence-corrected chi connectivity index (χ3v) is 4.79. The van der Waals surface area contributed by atoms with Crippen molar-refractivity contribution in [3.05, 3.63) is 41.8 Å². The van der Waals surface area contributed by atoms with Crippen molar-refractivity contribution in [3.8, 4) is 5.69 Å². The Labute approximate surface area is 152 Å². The number of hydrogen-bond donors (Lipinski definition) is 1. The summed E-state index contributed by atoms with van der Waals surface area (Å²) >= 11 is 1.30. The van der Waals surface area contributed by atoms with Gasteiger partial charge < -0.3 is 5.32 Å². The molecule has 1 saturated carbocycles. The maximum Gasteiger partial charge on any atom is 0.236 e. The standard InChI is InChI=1S/C16H16FN7OS/c1-10-8-14(23(20-10)12-4-2-11(17)3-5-12)18-15(25)9-26-16-19-21-22-24(16)13-6-7-13/h2-5,8,13H,6-7,9H2,1H3,(H,18,25). The summed E-state index contributed by atoms with van der Waals surface area (Å²) in [5.41, 5.74) is 1.41. The number of rotatable bonds is 6. The van der Waals surface area contributed by atoms with Crippen LogP contribution in [-0.4, -0.2) is 41.6 Å². The zero-order valence-corrected chi connectivity index (χ0v) is 14.8. The van der Waals surface area contributed by atoms with E-state index in [1.165, 1.54) is 23.9 Å². The largest absolute Gasteiger partial charge is 0.310 e. The van der Waals surface area contributed by atoms with Crippen LogP contribution in [0.3, 0.4) is 0 Å². The van der Waals surface area contributed by atoms with E-state index in [4.69, 9.17) is 0 Å². The number of amides is 1. The molecule has 8 nitrogen and oxygen atoms in total. The molecule has 1 N–H and O–H groups in total. The summed E-state index contributed by atoms with van der Waals surface area (Å²) < 4.78 is 16.5. The highest BCUT2D eigenvalue weighted by Gasteiger charge is 2.28. The predicted octanol–water partition coefficient (Wildman–Crippen LogP) is 2.37. The molecule has 1 amide bonds. The van der Waals surface area contributed by atoms with Crippen LogP contribution in [-0.2, 0) is 4.79 Å². The van der Waals surface area contributed by atoms with Gasteiger partial charge in [0.1, 0.15) is 11.6 Å². The molecule has 4 rings (SSSR count). The lowest BCUT2D eigenvalue weighted by Crippen LogP contribution is -2.17. The van der Waals surface area contributed by atoms with E-state index in [0.717, 1.165) is 18.5 Å². The van der Waals surface area contributed by atoms with Crippen LogP contribution >= 0.6 is 11.8 Å². The van der Waals surface area contributed by atoms with E-state index in [1.807, 2.05) is 6.92 Å². The van der Waals surface area contributed by atoms with E-state index in [9.17, 15) is 9.18 Å². The first-order valence-electron chi connectivity index (χ1n) is 8.13. The van der Waals surface area contributed by atoms with E-state index in [2.05, 4.69) is 25.9 Å². The molecule has 3 aromatic rings. The number of tetrazole rings is 1. The molecule has 0 saturated heterocycles. The normalized spacial score (nSPS) is 13.8. The first kappa shape index (κ1) is 16.7. The molecule has 1 aliphatic carbocycles. The summed E-state index contributed by atoms with van der Waals surface area (Å²) in [6.45, 7) is 1.83. The summed E-state index contributed by atoms with van der Waals surface area (Å²) in [6, 6.07) is 8.04. The van der Waals surface area contributed by atoms with Crippen LogP contribution in [0.15, 0.2) is 35.5 Å². The molecule has 0 bridgehead atoms. The van der Waals surface area contributed by atoms with Crippen LogP contribution < -0.4 is 5.32 Å². The average Bonchev–Trinajstić information content (AvgIpc) is 3.25. The van der Waals surface area contributed by atoms with Gasteiger partial charge in [0, 0.05) is 6.07 Å². The number of carbonyl (C=O) groups is 1. The molecule has 0 radical (unpaired) electrons. The monoisotopic (exact) mass is 373 g/mol. The first-order valence-corrected chi connectivity index (χ1v) is 9.12. The van der Waals surface area contributed by atoms with Crippen molar-refractivity contribution in [2.75, 3.05) is 11.1 Å². The van der Waals surface area contributed by atoms with Crippen LogP contribution in [0.4, 0.5) is 10.2 Å². The number of carbonyl (C=O) groups excluding carboxylic acids is 1. The second-order valence-electron chi connectivity index (χ2n) is 6.03. The third-order valence-electron chi connectivity index (χ3n) is 3.86. The van der Waals surface area contributed by atoms with Crippen LogP contribution in [0.5, 0.6) is 0 Å². The highest BCUT2D eigenvalue weighted by Crippen LogP contribution is 2.36. The lowest BCUT2D eigenvalue weighted by atomic mass is 10.3. The molecule has 10 heteroatoms. The van der Waals surface area contributed by atoms with Crippen molar-refractivity contribution < 1.29 is 9.18 Å². The third kappa shape index (κ3) is 3.59. The summed E-state index contributed by atoms with van der Waals surface area (Å²) in [6.07, 6.45) is 2.14. The predicted molar refractivity (Wildman–Crippen MR) is 93.7 cm³/mol. The second kappa shape index (κ2) is 6.87. The number of nitrogens with one attached hydrogen (secondary N) is 1. The Morgan fingerprint density at radius 3 is 2.85 bits per heavy atom. The molecule has 2 heterocycles. The lowest BCUT2D eigenvalue weighted by Gasteiger charge is -2.09. The molecule has 1 fully saturated rings. The van der Waals surface area contributed by atoms with Crippen molar-refractivity contribution in [2.45, 2.75) is 31.0 Å². The summed E-state index contributed by atoms with van der Waals surface area (Å²) in [5.74, 6) is 0.193. The molecule has 0 spiro atoms. The molecule has 1 aromatic carbocycles. The Hall–Kier alpha value is -2.75. The fourth-order valence-corrected chi connectivity index (χ4v) is 3.25. The molecule has 0 unspecified atom stereocenters. The minimum Gasteiger partial charge on any atom is -0.310 e. The number of nitrogens with zero attached hydrogens (tertiary/aromatic N) is 6. The second-order valence-corrected chi connectivity index (χ2v) is 6.98. The number of thioether (sulfide) groups is 1. The van der Waals surface area contributed by atoms with Gasteiger partial charge in [0.25, 0.3) is 0 Å². The summed E-state index contributed by atoms with van der Waals surface area (Å²) in [7, 11) is 0. The van der Waals surface area contributed by atoms with Crippen LogP contribution in [0.25, 0.3) is 5.69 Å².